The molecule has 0 spiro atoms. The van der Waals surface area contributed by atoms with E-state index in [0.29, 0.717) is 6.54 Å². The molecule has 0 fully saturated rings. The van der Waals surface area contributed by atoms with E-state index in [0.717, 1.165) is 38.2 Å². The first kappa shape index (κ1) is 16.5. The lowest BCUT2D eigenvalue weighted by Crippen LogP contribution is -2.33. The van der Waals surface area contributed by atoms with Gasteiger partial charge in [0.05, 0.1) is 13.2 Å². The maximum atomic E-state index is 11.4. The third kappa shape index (κ3) is 6.57. The van der Waals surface area contributed by atoms with Crippen LogP contribution in [0.2, 0.25) is 0 Å². The summed E-state index contributed by atoms with van der Waals surface area (Å²) in [6.07, 6.45) is 3.12. The van der Waals surface area contributed by atoms with Crippen LogP contribution in [0.1, 0.15) is 25.3 Å². The minimum absolute atomic E-state index is 0.0987. The first-order chi connectivity index (χ1) is 9.63. The van der Waals surface area contributed by atoms with Crippen LogP contribution in [-0.2, 0) is 11.2 Å². The lowest BCUT2D eigenvalue weighted by molar-refractivity contribution is -0.127. The molecule has 1 rings (SSSR count). The van der Waals surface area contributed by atoms with Crippen LogP contribution in [0.4, 0.5) is 0 Å². The minimum atomic E-state index is 0.0987. The van der Waals surface area contributed by atoms with Crippen molar-refractivity contribution in [3.8, 4) is 5.75 Å². The molecular formula is C16H26N2O2. The van der Waals surface area contributed by atoms with Gasteiger partial charge < -0.3 is 15.0 Å². The first-order valence-electron chi connectivity index (χ1n) is 7.26. The lowest BCUT2D eigenvalue weighted by atomic mass is 10.1. The summed E-state index contributed by atoms with van der Waals surface area (Å²) in [4.78, 5) is 13.0. The van der Waals surface area contributed by atoms with Crippen LogP contribution in [0.15, 0.2) is 24.3 Å². The van der Waals surface area contributed by atoms with Crippen molar-refractivity contribution < 1.29 is 9.53 Å². The largest absolute Gasteiger partial charge is 0.494 e. The van der Waals surface area contributed by atoms with Crippen molar-refractivity contribution in [2.45, 2.75) is 26.2 Å². The third-order valence-electron chi connectivity index (χ3n) is 3.03. The Morgan fingerprint density at radius 3 is 2.85 bits per heavy atom. The second-order valence-electron chi connectivity index (χ2n) is 5.06. The Hall–Kier alpha value is -1.55. The third-order valence-corrected chi connectivity index (χ3v) is 3.03. The standard InChI is InChI=1S/C16H26N2O2/c1-4-5-11-20-15-8-6-7-14(12-15)9-10-17-13-16(19)18(2)3/h6-8,12,17H,4-5,9-11,13H2,1-3H3. The summed E-state index contributed by atoms with van der Waals surface area (Å²) >= 11 is 0. The van der Waals surface area contributed by atoms with E-state index in [1.165, 1.54) is 5.56 Å². The molecule has 4 heteroatoms. The highest BCUT2D eigenvalue weighted by Crippen LogP contribution is 2.14. The zero-order chi connectivity index (χ0) is 14.8. The second kappa shape index (κ2) is 9.37. The summed E-state index contributed by atoms with van der Waals surface area (Å²) in [6.45, 7) is 4.10. The molecule has 1 aromatic rings. The van der Waals surface area contributed by atoms with E-state index >= 15 is 0 Å². The average molecular weight is 278 g/mol. The topological polar surface area (TPSA) is 41.6 Å². The molecule has 0 aliphatic carbocycles. The van der Waals surface area contributed by atoms with Crippen molar-refractivity contribution in [2.24, 2.45) is 0 Å². The molecule has 1 aromatic carbocycles. The molecule has 0 atom stereocenters. The molecule has 0 heterocycles. The van der Waals surface area contributed by atoms with Gasteiger partial charge in [0.25, 0.3) is 0 Å². The molecule has 1 N–H and O–H groups in total. The van der Waals surface area contributed by atoms with Gasteiger partial charge in [-0.25, -0.2) is 0 Å². The number of amides is 1. The predicted octanol–water partition coefficient (Wildman–Crippen LogP) is 2.09. The summed E-state index contributed by atoms with van der Waals surface area (Å²) in [5, 5.41) is 3.15. The van der Waals surface area contributed by atoms with Crippen molar-refractivity contribution in [3.63, 3.8) is 0 Å². The van der Waals surface area contributed by atoms with Gasteiger partial charge in [-0.05, 0) is 37.1 Å². The molecule has 0 saturated carbocycles. The van der Waals surface area contributed by atoms with Crippen molar-refractivity contribution in [1.82, 2.24) is 10.2 Å². The summed E-state index contributed by atoms with van der Waals surface area (Å²) in [7, 11) is 3.53. The van der Waals surface area contributed by atoms with E-state index in [-0.39, 0.29) is 5.91 Å². The Bertz CT molecular complexity index is 405. The van der Waals surface area contributed by atoms with Crippen molar-refractivity contribution >= 4 is 5.91 Å². The Labute approximate surface area is 122 Å². The van der Waals surface area contributed by atoms with Crippen molar-refractivity contribution in [3.05, 3.63) is 29.8 Å². The van der Waals surface area contributed by atoms with Gasteiger partial charge in [-0.1, -0.05) is 25.5 Å². The molecule has 4 nitrogen and oxygen atoms in total. The second-order valence-corrected chi connectivity index (χ2v) is 5.06. The zero-order valence-electron chi connectivity index (χ0n) is 12.8. The van der Waals surface area contributed by atoms with Crippen LogP contribution >= 0.6 is 0 Å². The summed E-state index contributed by atoms with van der Waals surface area (Å²) in [5.74, 6) is 1.03. The van der Waals surface area contributed by atoms with E-state index in [2.05, 4.69) is 24.4 Å². The number of nitrogens with one attached hydrogen (secondary N) is 1. The van der Waals surface area contributed by atoms with Gasteiger partial charge in [0, 0.05) is 14.1 Å². The number of hydrogen-bond acceptors (Lipinski definition) is 3. The Kier molecular flexibility index (Phi) is 7.73. The van der Waals surface area contributed by atoms with Gasteiger partial charge in [-0.15, -0.1) is 0 Å². The van der Waals surface area contributed by atoms with Gasteiger partial charge in [0.2, 0.25) is 5.91 Å². The van der Waals surface area contributed by atoms with Gasteiger partial charge in [0.15, 0.2) is 0 Å². The van der Waals surface area contributed by atoms with E-state index in [1.807, 2.05) is 12.1 Å². The van der Waals surface area contributed by atoms with Crippen molar-refractivity contribution in [2.75, 3.05) is 33.8 Å². The average Bonchev–Trinajstić information content (AvgIpc) is 2.44. The Balaban J connectivity index is 2.29. The van der Waals surface area contributed by atoms with Crippen LogP contribution in [0.3, 0.4) is 0 Å². The molecule has 112 valence electrons. The molecule has 0 aliphatic heterocycles. The van der Waals surface area contributed by atoms with Gasteiger partial charge >= 0.3 is 0 Å². The van der Waals surface area contributed by atoms with Crippen molar-refractivity contribution in [1.29, 1.82) is 0 Å². The monoisotopic (exact) mass is 278 g/mol. The number of likely N-dealkylation sites (N-methyl/N-ethyl adjacent to an activating group) is 1. The van der Waals surface area contributed by atoms with Crippen LogP contribution < -0.4 is 10.1 Å². The smallest absolute Gasteiger partial charge is 0.236 e. The van der Waals surface area contributed by atoms with Gasteiger partial charge in [0.1, 0.15) is 5.75 Å². The molecule has 0 aliphatic rings. The molecule has 1 amide bonds. The highest BCUT2D eigenvalue weighted by molar-refractivity contribution is 5.77. The highest BCUT2D eigenvalue weighted by atomic mass is 16.5. The Morgan fingerprint density at radius 1 is 1.35 bits per heavy atom. The Morgan fingerprint density at radius 2 is 2.15 bits per heavy atom. The first-order valence-corrected chi connectivity index (χ1v) is 7.26. The highest BCUT2D eigenvalue weighted by Gasteiger charge is 2.02. The lowest BCUT2D eigenvalue weighted by Gasteiger charge is -2.11. The molecular weight excluding hydrogens is 252 g/mol. The summed E-state index contributed by atoms with van der Waals surface area (Å²) < 4.78 is 5.68. The van der Waals surface area contributed by atoms with E-state index in [9.17, 15) is 4.79 Å². The number of benzene rings is 1. The van der Waals surface area contributed by atoms with Crippen LogP contribution in [0.25, 0.3) is 0 Å². The van der Waals surface area contributed by atoms with Gasteiger partial charge in [-0.2, -0.15) is 0 Å². The number of hydrogen-bond donors (Lipinski definition) is 1. The van der Waals surface area contributed by atoms with Crippen LogP contribution in [0, 0.1) is 0 Å². The zero-order valence-corrected chi connectivity index (χ0v) is 12.8. The normalized spacial score (nSPS) is 10.3. The molecule has 0 aromatic heterocycles. The molecule has 20 heavy (non-hydrogen) atoms. The molecule has 0 unspecified atom stereocenters. The number of nitrogens with zero attached hydrogens (tertiary/aromatic N) is 1. The van der Waals surface area contributed by atoms with E-state index in [4.69, 9.17) is 4.74 Å². The number of unbranched alkanes of at least 4 members (excludes halogenated alkanes) is 1. The van der Waals surface area contributed by atoms with Gasteiger partial charge in [-0.3, -0.25) is 4.79 Å². The van der Waals surface area contributed by atoms with E-state index in [1.54, 1.807) is 19.0 Å². The molecule has 0 radical (unpaired) electrons. The maximum Gasteiger partial charge on any atom is 0.236 e. The predicted molar refractivity (Wildman–Crippen MR) is 82.1 cm³/mol. The van der Waals surface area contributed by atoms with E-state index < -0.39 is 0 Å². The maximum absolute atomic E-state index is 11.4. The fraction of sp³-hybridized carbons (Fsp3) is 0.562. The number of ether oxygens (including phenoxy) is 1. The molecule has 0 bridgehead atoms. The summed E-state index contributed by atoms with van der Waals surface area (Å²) in [6, 6.07) is 8.16. The SMILES string of the molecule is CCCCOc1cccc(CCNCC(=O)N(C)C)c1. The fourth-order valence-corrected chi connectivity index (χ4v) is 1.71. The molecule has 0 saturated heterocycles. The minimum Gasteiger partial charge on any atom is -0.494 e. The van der Waals surface area contributed by atoms with Crippen LogP contribution in [-0.4, -0.2) is 44.6 Å². The van der Waals surface area contributed by atoms with Crippen LogP contribution in [0.5, 0.6) is 5.75 Å². The summed E-state index contributed by atoms with van der Waals surface area (Å²) in [5.41, 5.74) is 1.23. The number of carbonyl (C=O) groups excluding carboxylic acids is 1. The number of rotatable bonds is 9. The fourth-order valence-electron chi connectivity index (χ4n) is 1.71. The quantitative estimate of drug-likeness (QED) is 0.703. The number of carbonyl (C=O) groups is 1.